The fraction of sp³-hybridized carbons (Fsp3) is 0.278. The molecule has 1 aromatic heterocycles. The van der Waals surface area contributed by atoms with Gasteiger partial charge in [-0.15, -0.1) is 0 Å². The third-order valence-electron chi connectivity index (χ3n) is 3.61. The number of halogens is 1. The Morgan fingerprint density at radius 2 is 1.96 bits per heavy atom. The lowest BCUT2D eigenvalue weighted by atomic mass is 10.0. The van der Waals surface area contributed by atoms with Crippen LogP contribution in [0.3, 0.4) is 0 Å². The van der Waals surface area contributed by atoms with E-state index in [2.05, 4.69) is 21.2 Å². The first kappa shape index (κ1) is 18.5. The van der Waals surface area contributed by atoms with Crippen LogP contribution in [0.1, 0.15) is 23.3 Å². The van der Waals surface area contributed by atoms with E-state index in [0.29, 0.717) is 17.1 Å². The molecule has 0 bridgehead atoms. The van der Waals surface area contributed by atoms with Crippen LogP contribution in [-0.2, 0) is 0 Å². The zero-order valence-electron chi connectivity index (χ0n) is 14.0. The quantitative estimate of drug-likeness (QED) is 0.454. The summed E-state index contributed by atoms with van der Waals surface area (Å²) in [6.45, 7) is 2.64. The van der Waals surface area contributed by atoms with Gasteiger partial charge < -0.3 is 10.2 Å². The van der Waals surface area contributed by atoms with E-state index in [-0.39, 0.29) is 5.78 Å². The maximum absolute atomic E-state index is 13.1. The summed E-state index contributed by atoms with van der Waals surface area (Å²) in [4.78, 5) is 15.6. The van der Waals surface area contributed by atoms with Crippen LogP contribution in [0.4, 0.5) is 5.69 Å². The highest BCUT2D eigenvalue weighted by atomic mass is 79.9. The molecule has 0 saturated carbocycles. The highest BCUT2D eigenvalue weighted by Gasteiger charge is 2.33. The Labute approximate surface area is 156 Å². The number of hydrogen-bond acceptors (Lipinski definition) is 3. The van der Waals surface area contributed by atoms with Crippen LogP contribution in [0, 0.1) is 0 Å². The summed E-state index contributed by atoms with van der Waals surface area (Å²) < 4.78 is 2.72. The fourth-order valence-electron chi connectivity index (χ4n) is 2.36. The molecule has 2 aromatic rings. The Balaban J connectivity index is 2.41. The van der Waals surface area contributed by atoms with Crippen LogP contribution >= 0.6 is 28.1 Å². The lowest BCUT2D eigenvalue weighted by molar-refractivity contribution is -0.692. The second kappa shape index (κ2) is 8.35. The van der Waals surface area contributed by atoms with Crippen LogP contribution in [0.2, 0.25) is 0 Å². The van der Waals surface area contributed by atoms with Gasteiger partial charge in [-0.05, 0) is 19.1 Å². The molecule has 2 rings (SSSR count). The minimum atomic E-state index is -0.564. The first-order valence-electron chi connectivity index (χ1n) is 7.69. The number of likely N-dealkylation sites (N-methyl/N-ethyl adjacent to an activating group) is 1. The molecule has 1 atom stereocenters. The Morgan fingerprint density at radius 3 is 2.50 bits per heavy atom. The van der Waals surface area contributed by atoms with Gasteiger partial charge in [-0.3, -0.25) is 4.79 Å². The van der Waals surface area contributed by atoms with Crippen molar-refractivity contribution in [3.05, 3.63) is 58.8 Å². The third-order valence-corrected chi connectivity index (χ3v) is 4.47. The average Bonchev–Trinajstić information content (AvgIpc) is 2.55. The molecule has 0 radical (unpaired) electrons. The molecule has 0 amide bonds. The first-order chi connectivity index (χ1) is 11.4. The van der Waals surface area contributed by atoms with Crippen molar-refractivity contribution >= 4 is 44.6 Å². The molecule has 0 saturated heterocycles. The normalized spacial score (nSPS) is 11.7. The molecule has 0 aliphatic rings. The Morgan fingerprint density at radius 1 is 1.29 bits per heavy atom. The zero-order chi connectivity index (χ0) is 17.7. The number of carbonyl (C=O) groups excluding carboxylic acids is 1. The van der Waals surface area contributed by atoms with Gasteiger partial charge in [-0.25, -0.2) is 0 Å². The van der Waals surface area contributed by atoms with Crippen molar-refractivity contribution in [3.8, 4) is 0 Å². The molecule has 6 heteroatoms. The predicted octanol–water partition coefficient (Wildman–Crippen LogP) is 3.16. The maximum atomic E-state index is 13.1. The molecule has 0 aliphatic carbocycles. The van der Waals surface area contributed by atoms with Gasteiger partial charge in [0.25, 0.3) is 6.04 Å². The van der Waals surface area contributed by atoms with Crippen LogP contribution in [0.5, 0.6) is 0 Å². The van der Waals surface area contributed by atoms with E-state index in [4.69, 9.17) is 12.2 Å². The van der Waals surface area contributed by atoms with E-state index in [1.165, 1.54) is 0 Å². The first-order valence-corrected chi connectivity index (χ1v) is 8.89. The van der Waals surface area contributed by atoms with E-state index >= 15 is 0 Å². The van der Waals surface area contributed by atoms with Crippen LogP contribution in [0.25, 0.3) is 0 Å². The number of carbonyl (C=O) groups is 1. The molecule has 1 N–H and O–H groups in total. The molecule has 1 aromatic carbocycles. The van der Waals surface area contributed by atoms with Gasteiger partial charge in [0.1, 0.15) is 0 Å². The molecule has 0 spiro atoms. The molecule has 0 fully saturated rings. The second-order valence-corrected chi connectivity index (χ2v) is 6.93. The number of anilines is 1. The number of thiocarbonyl (C=S) groups is 1. The summed E-state index contributed by atoms with van der Waals surface area (Å²) in [5.41, 5.74) is 1.69. The van der Waals surface area contributed by atoms with E-state index in [9.17, 15) is 4.79 Å². The second-order valence-electron chi connectivity index (χ2n) is 5.57. The zero-order valence-corrected chi connectivity index (χ0v) is 16.4. The van der Waals surface area contributed by atoms with Crippen molar-refractivity contribution in [3.63, 3.8) is 0 Å². The molecule has 24 heavy (non-hydrogen) atoms. The van der Waals surface area contributed by atoms with Gasteiger partial charge in [0.05, 0.1) is 0 Å². The van der Waals surface area contributed by atoms with E-state index in [0.717, 1.165) is 10.2 Å². The molecule has 1 unspecified atom stereocenters. The number of nitrogens with zero attached hydrogens (tertiary/aromatic N) is 2. The lowest BCUT2D eigenvalue weighted by Gasteiger charge is -2.15. The van der Waals surface area contributed by atoms with Gasteiger partial charge in [-0.2, -0.15) is 4.57 Å². The summed E-state index contributed by atoms with van der Waals surface area (Å²) in [5.74, 6) is -0.0372. The lowest BCUT2D eigenvalue weighted by Crippen LogP contribution is -2.51. The van der Waals surface area contributed by atoms with E-state index in [1.807, 2.05) is 79.3 Å². The SMILES string of the molecule is CCNC(=S)C(C(=O)c1cccc(Br)c1)[n+]1ccc(N(C)C)cc1. The summed E-state index contributed by atoms with van der Waals surface area (Å²) in [7, 11) is 3.96. The number of aromatic nitrogens is 1. The van der Waals surface area contributed by atoms with Crippen LogP contribution in [-0.4, -0.2) is 31.4 Å². The third kappa shape index (κ3) is 4.39. The van der Waals surface area contributed by atoms with Crippen molar-refractivity contribution < 1.29 is 9.36 Å². The smallest absolute Gasteiger partial charge is 0.270 e. The van der Waals surface area contributed by atoms with E-state index < -0.39 is 6.04 Å². The van der Waals surface area contributed by atoms with Gasteiger partial charge in [0, 0.05) is 48.5 Å². The summed E-state index contributed by atoms with van der Waals surface area (Å²) in [6, 6.07) is 10.7. The number of Topliss-reactive ketones (excluding diaryl/α,β-unsaturated/α-hetero) is 1. The molecule has 0 aliphatic heterocycles. The van der Waals surface area contributed by atoms with Crippen LogP contribution < -0.4 is 14.8 Å². The number of pyridine rings is 1. The molecular formula is C18H21BrN3OS+. The highest BCUT2D eigenvalue weighted by molar-refractivity contribution is 9.10. The maximum Gasteiger partial charge on any atom is 0.270 e. The van der Waals surface area contributed by atoms with Crippen molar-refractivity contribution in [1.29, 1.82) is 0 Å². The average molecular weight is 407 g/mol. The number of ketones is 1. The van der Waals surface area contributed by atoms with Gasteiger partial charge in [0.2, 0.25) is 5.78 Å². The largest absolute Gasteiger partial charge is 0.377 e. The van der Waals surface area contributed by atoms with Crippen molar-refractivity contribution in [2.75, 3.05) is 25.5 Å². The van der Waals surface area contributed by atoms with Gasteiger partial charge in [-0.1, -0.05) is 40.3 Å². The monoisotopic (exact) mass is 406 g/mol. The number of benzene rings is 1. The molecule has 1 heterocycles. The topological polar surface area (TPSA) is 36.2 Å². The standard InChI is InChI=1S/C18H20BrN3OS/c1-4-20-18(24)16(17(23)13-6-5-7-14(19)12-13)22-10-8-15(9-11-22)21(2)3/h5-12,16H,4H2,1-3H3/p+1. The predicted molar refractivity (Wildman–Crippen MR) is 105 cm³/mol. The Hall–Kier alpha value is -1.79. The number of rotatable bonds is 6. The fourth-order valence-corrected chi connectivity index (χ4v) is 3.13. The molecular weight excluding hydrogens is 386 g/mol. The molecule has 4 nitrogen and oxygen atoms in total. The number of hydrogen-bond donors (Lipinski definition) is 1. The minimum Gasteiger partial charge on any atom is -0.377 e. The number of nitrogens with one attached hydrogen (secondary N) is 1. The van der Waals surface area contributed by atoms with Crippen molar-refractivity contribution in [2.24, 2.45) is 0 Å². The van der Waals surface area contributed by atoms with E-state index in [1.54, 1.807) is 0 Å². The highest BCUT2D eigenvalue weighted by Crippen LogP contribution is 2.17. The summed E-state index contributed by atoms with van der Waals surface area (Å²) >= 11 is 8.89. The van der Waals surface area contributed by atoms with Crippen molar-refractivity contribution in [1.82, 2.24) is 5.32 Å². The Bertz CT molecular complexity index is 731. The summed E-state index contributed by atoms with van der Waals surface area (Å²) in [5, 5.41) is 3.11. The summed E-state index contributed by atoms with van der Waals surface area (Å²) in [6.07, 6.45) is 3.78. The van der Waals surface area contributed by atoms with Gasteiger partial charge >= 0.3 is 0 Å². The van der Waals surface area contributed by atoms with Crippen LogP contribution in [0.15, 0.2) is 53.3 Å². The minimum absolute atomic E-state index is 0.0372. The van der Waals surface area contributed by atoms with Gasteiger partial charge in [0.15, 0.2) is 17.4 Å². The van der Waals surface area contributed by atoms with Crippen molar-refractivity contribution in [2.45, 2.75) is 13.0 Å². The molecule has 126 valence electrons. The Kier molecular flexibility index (Phi) is 6.45.